The number of ether oxygens (including phenoxy) is 1. The van der Waals surface area contributed by atoms with Gasteiger partial charge in [-0.1, -0.05) is 12.1 Å². The summed E-state index contributed by atoms with van der Waals surface area (Å²) in [6, 6.07) is -0.239. The zero-order chi connectivity index (χ0) is 15.1. The van der Waals surface area contributed by atoms with Crippen LogP contribution in [0.25, 0.3) is 0 Å². The van der Waals surface area contributed by atoms with E-state index < -0.39 is 47.8 Å². The molecule has 1 aliphatic heterocycles. The van der Waals surface area contributed by atoms with Gasteiger partial charge in [0.2, 0.25) is 0 Å². The molecule has 1 N–H and O–H groups in total. The molecule has 0 aliphatic carbocycles. The van der Waals surface area contributed by atoms with Crippen molar-refractivity contribution in [3.05, 3.63) is 35.1 Å². The van der Waals surface area contributed by atoms with Gasteiger partial charge < -0.3 is 10.1 Å². The molecule has 0 aromatic heterocycles. The first-order valence-corrected chi connectivity index (χ1v) is 5.29. The lowest BCUT2D eigenvalue weighted by Crippen LogP contribution is -2.50. The molecular formula is C11H8ClF6NO2. The second kappa shape index (κ2) is 5.63. The van der Waals surface area contributed by atoms with Crippen LogP contribution < -0.4 is 5.32 Å². The number of carbonyl (C=O) groups excluding carboxylic acids is 1. The minimum atomic E-state index is -5.02. The molecule has 1 saturated heterocycles. The molecule has 10 heteroatoms. The molecule has 1 fully saturated rings. The topological polar surface area (TPSA) is 38.3 Å². The lowest BCUT2D eigenvalue weighted by atomic mass is 9.97. The third kappa shape index (κ3) is 3.34. The number of rotatable bonds is 1. The molecule has 0 saturated carbocycles. The van der Waals surface area contributed by atoms with Crippen molar-refractivity contribution >= 4 is 18.5 Å². The molecule has 0 unspecified atom stereocenters. The van der Waals surface area contributed by atoms with Gasteiger partial charge in [0.05, 0.1) is 5.56 Å². The van der Waals surface area contributed by atoms with E-state index >= 15 is 0 Å². The Hall–Kier alpha value is -1.64. The Morgan fingerprint density at radius 2 is 1.90 bits per heavy atom. The fourth-order valence-corrected chi connectivity index (χ4v) is 1.81. The lowest BCUT2D eigenvalue weighted by molar-refractivity contribution is -0.140. The third-order valence-electron chi connectivity index (χ3n) is 2.73. The molecule has 1 atom stereocenters. The van der Waals surface area contributed by atoms with Crippen molar-refractivity contribution < 1.29 is 35.9 Å². The molecule has 0 radical (unpaired) electrons. The van der Waals surface area contributed by atoms with Gasteiger partial charge in [-0.3, -0.25) is 0 Å². The van der Waals surface area contributed by atoms with Crippen LogP contribution in [0.15, 0.2) is 18.2 Å². The molecule has 1 aromatic rings. The highest BCUT2D eigenvalue weighted by atomic mass is 35.5. The number of amides is 1. The van der Waals surface area contributed by atoms with Gasteiger partial charge in [0.1, 0.15) is 11.9 Å². The van der Waals surface area contributed by atoms with Crippen LogP contribution in [0, 0.1) is 5.82 Å². The van der Waals surface area contributed by atoms with E-state index in [4.69, 9.17) is 0 Å². The summed E-state index contributed by atoms with van der Waals surface area (Å²) in [6.07, 6.45) is -6.28. The van der Waals surface area contributed by atoms with E-state index in [1.54, 1.807) is 5.32 Å². The minimum Gasteiger partial charge on any atom is -0.443 e. The van der Waals surface area contributed by atoms with Gasteiger partial charge in [-0.05, 0) is 6.07 Å². The molecule has 1 heterocycles. The molecule has 3 nitrogen and oxygen atoms in total. The van der Waals surface area contributed by atoms with Crippen molar-refractivity contribution in [2.75, 3.05) is 6.61 Å². The smallest absolute Gasteiger partial charge is 0.419 e. The maximum absolute atomic E-state index is 13.8. The fourth-order valence-electron chi connectivity index (χ4n) is 1.81. The minimum absolute atomic E-state index is 0. The summed E-state index contributed by atoms with van der Waals surface area (Å²) in [5.41, 5.74) is -2.62. The molecule has 2 rings (SSSR count). The molecule has 0 spiro atoms. The highest BCUT2D eigenvalue weighted by Crippen LogP contribution is 2.39. The number of nitrogens with one attached hydrogen (secondary N) is 1. The Morgan fingerprint density at radius 3 is 2.48 bits per heavy atom. The van der Waals surface area contributed by atoms with E-state index in [0.717, 1.165) is 12.1 Å². The van der Waals surface area contributed by atoms with E-state index in [1.807, 2.05) is 0 Å². The SMILES string of the molecule is Cl.O=C1N[C@H](c2cccc(C(F)(F)F)c2F)C(F)(F)CO1. The molecular weight excluding hydrogens is 328 g/mol. The lowest BCUT2D eigenvalue weighted by Gasteiger charge is -2.32. The standard InChI is InChI=1S/C11H7F6NO2.ClH/c12-7-5(2-1-3-6(7)11(15,16)17)8-10(13,14)4-20-9(19)18-8;/h1-3,8H,4H2,(H,18,19);1H/t8-;/m1./s1. The Balaban J connectivity index is 0.00000220. The van der Waals surface area contributed by atoms with Gasteiger partial charge in [-0.15, -0.1) is 12.4 Å². The van der Waals surface area contributed by atoms with Crippen LogP contribution in [0.3, 0.4) is 0 Å². The first kappa shape index (κ1) is 17.4. The number of halogens is 7. The number of benzene rings is 1. The van der Waals surface area contributed by atoms with Crippen molar-refractivity contribution in [2.24, 2.45) is 0 Å². The maximum Gasteiger partial charge on any atom is 0.419 e. The highest BCUT2D eigenvalue weighted by Gasteiger charge is 2.49. The highest BCUT2D eigenvalue weighted by molar-refractivity contribution is 5.85. The van der Waals surface area contributed by atoms with E-state index in [1.165, 1.54) is 0 Å². The van der Waals surface area contributed by atoms with E-state index in [2.05, 4.69) is 4.74 Å². The van der Waals surface area contributed by atoms with Crippen LogP contribution in [-0.2, 0) is 10.9 Å². The van der Waals surface area contributed by atoms with Crippen LogP contribution in [0.4, 0.5) is 31.1 Å². The number of cyclic esters (lactones) is 1. The summed E-state index contributed by atoms with van der Waals surface area (Å²) in [5.74, 6) is -5.56. The second-order valence-corrected chi connectivity index (χ2v) is 4.12. The van der Waals surface area contributed by atoms with Crippen molar-refractivity contribution in [1.29, 1.82) is 0 Å². The first-order valence-electron chi connectivity index (χ1n) is 5.29. The van der Waals surface area contributed by atoms with Gasteiger partial charge in [0, 0.05) is 5.56 Å². The predicted molar refractivity (Wildman–Crippen MR) is 60.8 cm³/mol. The molecule has 1 aliphatic rings. The Kier molecular flexibility index (Phi) is 4.66. The van der Waals surface area contributed by atoms with Crippen LogP contribution in [0.5, 0.6) is 0 Å². The first-order chi connectivity index (χ1) is 9.13. The molecule has 21 heavy (non-hydrogen) atoms. The zero-order valence-electron chi connectivity index (χ0n) is 10.0. The Labute approximate surface area is 120 Å². The van der Waals surface area contributed by atoms with Crippen molar-refractivity contribution in [2.45, 2.75) is 18.1 Å². The summed E-state index contributed by atoms with van der Waals surface area (Å²) in [5, 5.41) is 1.62. The number of hydrogen-bond acceptors (Lipinski definition) is 2. The van der Waals surface area contributed by atoms with Crippen LogP contribution in [0.2, 0.25) is 0 Å². The maximum atomic E-state index is 13.8. The number of carbonyl (C=O) groups is 1. The van der Waals surface area contributed by atoms with Crippen molar-refractivity contribution in [3.8, 4) is 0 Å². The van der Waals surface area contributed by atoms with Crippen LogP contribution >= 0.6 is 12.4 Å². The summed E-state index contributed by atoms with van der Waals surface area (Å²) in [6.45, 7) is -1.33. The van der Waals surface area contributed by atoms with Crippen molar-refractivity contribution in [3.63, 3.8) is 0 Å². The average molecular weight is 336 g/mol. The monoisotopic (exact) mass is 335 g/mol. The third-order valence-corrected chi connectivity index (χ3v) is 2.73. The number of hydrogen-bond donors (Lipinski definition) is 1. The van der Waals surface area contributed by atoms with Gasteiger partial charge in [0.15, 0.2) is 6.61 Å². The predicted octanol–water partition coefficient (Wildman–Crippen LogP) is 3.68. The van der Waals surface area contributed by atoms with Crippen LogP contribution in [0.1, 0.15) is 17.2 Å². The molecule has 1 amide bonds. The second-order valence-electron chi connectivity index (χ2n) is 4.12. The summed E-state index contributed by atoms with van der Waals surface area (Å²) in [7, 11) is 0. The van der Waals surface area contributed by atoms with Crippen molar-refractivity contribution in [1.82, 2.24) is 5.32 Å². The normalized spacial score (nSPS) is 21.0. The zero-order valence-corrected chi connectivity index (χ0v) is 10.8. The number of alkyl halides is 5. The fraction of sp³-hybridized carbons (Fsp3) is 0.364. The van der Waals surface area contributed by atoms with Gasteiger partial charge in [-0.2, -0.15) is 13.2 Å². The quantitative estimate of drug-likeness (QED) is 0.795. The molecule has 118 valence electrons. The van der Waals surface area contributed by atoms with Gasteiger partial charge in [-0.25, -0.2) is 18.0 Å². The Bertz CT molecular complexity index is 548. The van der Waals surface area contributed by atoms with Crippen LogP contribution in [-0.4, -0.2) is 18.6 Å². The van der Waals surface area contributed by atoms with E-state index in [0.29, 0.717) is 6.07 Å². The molecule has 0 bridgehead atoms. The average Bonchev–Trinajstić information content (AvgIpc) is 2.31. The summed E-state index contributed by atoms with van der Waals surface area (Å²) >= 11 is 0. The van der Waals surface area contributed by atoms with E-state index in [-0.39, 0.29) is 12.4 Å². The largest absolute Gasteiger partial charge is 0.443 e. The van der Waals surface area contributed by atoms with E-state index in [9.17, 15) is 31.1 Å². The molecule has 1 aromatic carbocycles. The van der Waals surface area contributed by atoms with Gasteiger partial charge >= 0.3 is 18.2 Å². The Morgan fingerprint density at radius 1 is 1.29 bits per heavy atom. The summed E-state index contributed by atoms with van der Waals surface area (Å²) in [4.78, 5) is 10.9. The summed E-state index contributed by atoms with van der Waals surface area (Å²) < 4.78 is 82.5. The number of alkyl carbamates (subject to hydrolysis) is 1. The van der Waals surface area contributed by atoms with Gasteiger partial charge in [0.25, 0.3) is 0 Å².